The summed E-state index contributed by atoms with van der Waals surface area (Å²) in [5.41, 5.74) is 0. The molecule has 0 radical (unpaired) electrons. The van der Waals surface area contributed by atoms with Gasteiger partial charge in [0, 0.05) is 41.6 Å². The molecule has 2 unspecified atom stereocenters. The van der Waals surface area contributed by atoms with E-state index in [1.807, 2.05) is 6.92 Å². The quantitative estimate of drug-likeness (QED) is 0.741. The number of rotatable bonds is 8. The van der Waals surface area contributed by atoms with Crippen LogP contribution in [0.25, 0.3) is 0 Å². The minimum absolute atomic E-state index is 0.0108. The Morgan fingerprint density at radius 3 is 2.67 bits per heavy atom. The standard InChI is InChI=1S/C12H20ClN3O3S2/c1-4-5-14-12-11(13)6-10(7-15-12)21(18,19)16-9(2)8-20(3)17/h6-7,9,16H,4-5,8H2,1-3H3,(H,14,15). The normalized spacial score (nSPS) is 14.7. The predicted octanol–water partition coefficient (Wildman–Crippen LogP) is 1.60. The zero-order valence-electron chi connectivity index (χ0n) is 12.2. The summed E-state index contributed by atoms with van der Waals surface area (Å²) in [5, 5.41) is 3.26. The third-order valence-electron chi connectivity index (χ3n) is 2.51. The van der Waals surface area contributed by atoms with Gasteiger partial charge in [0.2, 0.25) is 10.0 Å². The number of hydrogen-bond donors (Lipinski definition) is 2. The summed E-state index contributed by atoms with van der Waals surface area (Å²) in [6.45, 7) is 4.37. The Morgan fingerprint density at radius 1 is 1.48 bits per heavy atom. The zero-order chi connectivity index (χ0) is 16.0. The number of pyridine rings is 1. The molecule has 0 aliphatic carbocycles. The molecule has 2 N–H and O–H groups in total. The molecule has 0 aromatic carbocycles. The lowest BCUT2D eigenvalue weighted by Crippen LogP contribution is -2.36. The van der Waals surface area contributed by atoms with Gasteiger partial charge in [-0.3, -0.25) is 4.21 Å². The Hall–Kier alpha value is -0.700. The van der Waals surface area contributed by atoms with E-state index in [0.29, 0.717) is 12.4 Å². The van der Waals surface area contributed by atoms with E-state index < -0.39 is 26.9 Å². The third kappa shape index (κ3) is 5.90. The van der Waals surface area contributed by atoms with Crippen molar-refractivity contribution >= 4 is 38.2 Å². The molecule has 0 saturated carbocycles. The second-order valence-electron chi connectivity index (χ2n) is 4.69. The first-order valence-electron chi connectivity index (χ1n) is 6.48. The van der Waals surface area contributed by atoms with Crippen LogP contribution in [0.3, 0.4) is 0 Å². The van der Waals surface area contributed by atoms with E-state index in [1.165, 1.54) is 18.5 Å². The average molecular weight is 354 g/mol. The van der Waals surface area contributed by atoms with Crippen LogP contribution in [0, 0.1) is 0 Å². The molecule has 6 nitrogen and oxygen atoms in total. The van der Waals surface area contributed by atoms with E-state index in [0.717, 1.165) is 6.42 Å². The Bertz CT molecular complexity index is 608. The van der Waals surface area contributed by atoms with Crippen LogP contribution in [0.2, 0.25) is 5.02 Å². The fourth-order valence-electron chi connectivity index (χ4n) is 1.66. The highest BCUT2D eigenvalue weighted by atomic mass is 35.5. The van der Waals surface area contributed by atoms with Gasteiger partial charge in [0.1, 0.15) is 10.7 Å². The highest BCUT2D eigenvalue weighted by molar-refractivity contribution is 7.89. The van der Waals surface area contributed by atoms with Gasteiger partial charge in [-0.2, -0.15) is 0 Å². The smallest absolute Gasteiger partial charge is 0.242 e. The van der Waals surface area contributed by atoms with Crippen LogP contribution in [-0.4, -0.2) is 42.2 Å². The van der Waals surface area contributed by atoms with Crippen molar-refractivity contribution in [3.8, 4) is 0 Å². The summed E-state index contributed by atoms with van der Waals surface area (Å²) < 4.78 is 37.9. The lowest BCUT2D eigenvalue weighted by atomic mass is 10.4. The van der Waals surface area contributed by atoms with Crippen LogP contribution in [0.4, 0.5) is 5.82 Å². The molecule has 0 bridgehead atoms. The number of nitrogens with zero attached hydrogens (tertiary/aromatic N) is 1. The molecule has 1 rings (SSSR count). The van der Waals surface area contributed by atoms with Crippen molar-refractivity contribution < 1.29 is 12.6 Å². The van der Waals surface area contributed by atoms with E-state index in [-0.39, 0.29) is 15.7 Å². The van der Waals surface area contributed by atoms with Gasteiger partial charge in [-0.25, -0.2) is 18.1 Å². The maximum atomic E-state index is 12.2. The van der Waals surface area contributed by atoms with Gasteiger partial charge >= 0.3 is 0 Å². The number of nitrogens with one attached hydrogen (secondary N) is 2. The van der Waals surface area contributed by atoms with Crippen molar-refractivity contribution in [1.82, 2.24) is 9.71 Å². The van der Waals surface area contributed by atoms with Crippen LogP contribution in [0.1, 0.15) is 20.3 Å². The van der Waals surface area contributed by atoms with Gasteiger partial charge in [0.15, 0.2) is 0 Å². The molecule has 9 heteroatoms. The summed E-state index contributed by atoms with van der Waals surface area (Å²) >= 11 is 6.03. The number of sulfonamides is 1. The van der Waals surface area contributed by atoms with E-state index in [9.17, 15) is 12.6 Å². The fraction of sp³-hybridized carbons (Fsp3) is 0.583. The monoisotopic (exact) mass is 353 g/mol. The van der Waals surface area contributed by atoms with E-state index in [1.54, 1.807) is 6.92 Å². The molecule has 0 fully saturated rings. The molecule has 0 saturated heterocycles. The van der Waals surface area contributed by atoms with Crippen LogP contribution >= 0.6 is 11.6 Å². The summed E-state index contributed by atoms with van der Waals surface area (Å²) in [4.78, 5) is 4.02. The summed E-state index contributed by atoms with van der Waals surface area (Å²) in [5.74, 6) is 0.705. The molecule has 0 aliphatic rings. The fourth-order valence-corrected chi connectivity index (χ4v) is 4.06. The van der Waals surface area contributed by atoms with E-state index >= 15 is 0 Å². The van der Waals surface area contributed by atoms with Gasteiger partial charge in [-0.1, -0.05) is 18.5 Å². The Kier molecular flexibility index (Phi) is 7.05. The molecule has 1 heterocycles. The number of anilines is 1. The van der Waals surface area contributed by atoms with Gasteiger partial charge < -0.3 is 5.32 Å². The zero-order valence-corrected chi connectivity index (χ0v) is 14.6. The second kappa shape index (κ2) is 8.07. The van der Waals surface area contributed by atoms with Crippen molar-refractivity contribution in [2.24, 2.45) is 0 Å². The molecule has 0 aliphatic heterocycles. The first-order chi connectivity index (χ1) is 9.76. The van der Waals surface area contributed by atoms with Crippen LogP contribution in [0.5, 0.6) is 0 Å². The Balaban J connectivity index is 2.88. The molecule has 120 valence electrons. The first-order valence-corrected chi connectivity index (χ1v) is 10.1. The van der Waals surface area contributed by atoms with E-state index in [4.69, 9.17) is 11.6 Å². The minimum atomic E-state index is -3.72. The molecule has 2 atom stereocenters. The maximum absolute atomic E-state index is 12.2. The molecule has 0 amide bonds. The van der Waals surface area contributed by atoms with Gasteiger partial charge in [-0.05, 0) is 19.4 Å². The highest BCUT2D eigenvalue weighted by Crippen LogP contribution is 2.22. The van der Waals surface area contributed by atoms with Crippen LogP contribution < -0.4 is 10.0 Å². The summed E-state index contributed by atoms with van der Waals surface area (Å²) in [7, 11) is -4.80. The lowest BCUT2D eigenvalue weighted by Gasteiger charge is -2.13. The number of halogens is 1. The predicted molar refractivity (Wildman–Crippen MR) is 86.7 cm³/mol. The SMILES string of the molecule is CCCNc1ncc(S(=O)(=O)NC(C)CS(C)=O)cc1Cl. The second-order valence-corrected chi connectivity index (χ2v) is 8.29. The van der Waals surface area contributed by atoms with Gasteiger partial charge in [0.25, 0.3) is 0 Å². The maximum Gasteiger partial charge on any atom is 0.242 e. The molecular weight excluding hydrogens is 334 g/mol. The topological polar surface area (TPSA) is 88.2 Å². The molecule has 0 spiro atoms. The summed E-state index contributed by atoms with van der Waals surface area (Å²) in [6.07, 6.45) is 3.69. The van der Waals surface area contributed by atoms with Crippen molar-refractivity contribution in [2.75, 3.05) is 23.9 Å². The van der Waals surface area contributed by atoms with Crippen molar-refractivity contribution in [3.05, 3.63) is 17.3 Å². The Labute approximate surface area is 133 Å². The number of hydrogen-bond acceptors (Lipinski definition) is 5. The third-order valence-corrected chi connectivity index (χ3v) is 5.32. The van der Waals surface area contributed by atoms with Crippen molar-refractivity contribution in [2.45, 2.75) is 31.2 Å². The van der Waals surface area contributed by atoms with Crippen molar-refractivity contribution in [1.29, 1.82) is 0 Å². The Morgan fingerprint density at radius 2 is 2.14 bits per heavy atom. The van der Waals surface area contributed by atoms with Crippen LogP contribution in [-0.2, 0) is 20.8 Å². The first kappa shape index (κ1) is 18.3. The molecule has 1 aromatic rings. The molecular formula is C12H20ClN3O3S2. The average Bonchev–Trinajstić information content (AvgIpc) is 2.35. The minimum Gasteiger partial charge on any atom is -0.369 e. The van der Waals surface area contributed by atoms with Gasteiger partial charge in [0.05, 0.1) is 5.02 Å². The largest absolute Gasteiger partial charge is 0.369 e. The molecule has 1 aromatic heterocycles. The summed E-state index contributed by atoms with van der Waals surface area (Å²) in [6, 6.07) is 0.919. The lowest BCUT2D eigenvalue weighted by molar-refractivity contribution is 0.569. The molecule has 21 heavy (non-hydrogen) atoms. The van der Waals surface area contributed by atoms with Gasteiger partial charge in [-0.15, -0.1) is 0 Å². The van der Waals surface area contributed by atoms with Crippen LogP contribution in [0.15, 0.2) is 17.2 Å². The highest BCUT2D eigenvalue weighted by Gasteiger charge is 2.19. The number of aromatic nitrogens is 1. The van der Waals surface area contributed by atoms with Crippen molar-refractivity contribution in [3.63, 3.8) is 0 Å². The van der Waals surface area contributed by atoms with E-state index in [2.05, 4.69) is 15.0 Å².